The fraction of sp³-hybridized carbons (Fsp3) is 0.538. The lowest BCUT2D eigenvalue weighted by Crippen LogP contribution is -2.41. The summed E-state index contributed by atoms with van der Waals surface area (Å²) in [6.45, 7) is 0. The molecule has 1 aromatic rings. The number of rotatable bonds is 2. The fourth-order valence-electron chi connectivity index (χ4n) is 2.41. The zero-order valence-electron chi connectivity index (χ0n) is 10.6. The Morgan fingerprint density at radius 3 is 2.70 bits per heavy atom. The molecule has 1 heterocycles. The molecule has 0 aliphatic heterocycles. The van der Waals surface area contributed by atoms with E-state index in [0.29, 0.717) is 12.8 Å². The van der Waals surface area contributed by atoms with Crippen LogP contribution in [0.1, 0.15) is 36.2 Å². The standard InChI is InChI=1S/C13H14F4N2O/c14-11-6-2-5-10(19-11)12(20)18-9-4-1-3-8(7-9)13(15,16)17/h2,5-6,8-9H,1,3-4,7H2,(H,18,20). The number of hydrogen-bond donors (Lipinski definition) is 1. The Bertz CT molecular complexity index is 490. The number of carbonyl (C=O) groups is 1. The van der Waals surface area contributed by atoms with Crippen molar-refractivity contribution in [2.24, 2.45) is 5.92 Å². The molecular formula is C13H14F4N2O. The van der Waals surface area contributed by atoms with Gasteiger partial charge >= 0.3 is 6.18 Å². The summed E-state index contributed by atoms with van der Waals surface area (Å²) in [5, 5.41) is 2.50. The van der Waals surface area contributed by atoms with Crippen molar-refractivity contribution in [2.75, 3.05) is 0 Å². The average Bonchev–Trinajstić information content (AvgIpc) is 2.38. The molecule has 0 radical (unpaired) electrons. The summed E-state index contributed by atoms with van der Waals surface area (Å²) >= 11 is 0. The number of alkyl halides is 3. The van der Waals surface area contributed by atoms with Crippen molar-refractivity contribution in [2.45, 2.75) is 37.9 Å². The van der Waals surface area contributed by atoms with Crippen molar-refractivity contribution >= 4 is 5.91 Å². The minimum absolute atomic E-state index is 0.0914. The molecule has 1 saturated carbocycles. The van der Waals surface area contributed by atoms with Crippen LogP contribution in [-0.4, -0.2) is 23.1 Å². The van der Waals surface area contributed by atoms with E-state index < -0.39 is 30.0 Å². The van der Waals surface area contributed by atoms with Crippen molar-refractivity contribution in [3.8, 4) is 0 Å². The van der Waals surface area contributed by atoms with E-state index in [0.717, 1.165) is 6.07 Å². The van der Waals surface area contributed by atoms with Gasteiger partial charge in [-0.3, -0.25) is 4.79 Å². The second kappa shape index (κ2) is 5.76. The van der Waals surface area contributed by atoms with Crippen LogP contribution in [0.2, 0.25) is 0 Å². The average molecular weight is 290 g/mol. The molecule has 7 heteroatoms. The number of pyridine rings is 1. The van der Waals surface area contributed by atoms with Crippen LogP contribution in [0.5, 0.6) is 0 Å². The summed E-state index contributed by atoms with van der Waals surface area (Å²) in [5.74, 6) is -2.83. The Morgan fingerprint density at radius 2 is 2.05 bits per heavy atom. The molecule has 20 heavy (non-hydrogen) atoms. The van der Waals surface area contributed by atoms with Gasteiger partial charge in [0.2, 0.25) is 5.95 Å². The topological polar surface area (TPSA) is 42.0 Å². The summed E-state index contributed by atoms with van der Waals surface area (Å²) in [6.07, 6.45) is -3.38. The molecule has 0 bridgehead atoms. The SMILES string of the molecule is O=C(NC1CCCC(C(F)(F)F)C1)c1cccc(F)n1. The summed E-state index contributed by atoms with van der Waals surface area (Å²) in [6, 6.07) is 3.20. The number of hydrogen-bond acceptors (Lipinski definition) is 2. The highest BCUT2D eigenvalue weighted by Gasteiger charge is 2.42. The Morgan fingerprint density at radius 1 is 1.30 bits per heavy atom. The van der Waals surface area contributed by atoms with Crippen molar-refractivity contribution in [1.29, 1.82) is 0 Å². The molecule has 1 aliphatic rings. The van der Waals surface area contributed by atoms with Crippen molar-refractivity contribution in [1.82, 2.24) is 10.3 Å². The van der Waals surface area contributed by atoms with Crippen LogP contribution in [0.4, 0.5) is 17.6 Å². The van der Waals surface area contributed by atoms with Crippen LogP contribution >= 0.6 is 0 Å². The molecule has 2 unspecified atom stereocenters. The normalized spacial score (nSPS) is 23.4. The number of amides is 1. The van der Waals surface area contributed by atoms with Crippen molar-refractivity contribution in [3.63, 3.8) is 0 Å². The summed E-state index contributed by atoms with van der Waals surface area (Å²) < 4.78 is 50.8. The van der Waals surface area contributed by atoms with Gasteiger partial charge in [0.15, 0.2) is 0 Å². The van der Waals surface area contributed by atoms with E-state index in [4.69, 9.17) is 0 Å². The molecule has 0 aromatic carbocycles. The van der Waals surface area contributed by atoms with E-state index in [2.05, 4.69) is 10.3 Å². The first kappa shape index (κ1) is 14.7. The lowest BCUT2D eigenvalue weighted by molar-refractivity contribution is -0.183. The number of halogens is 4. The maximum Gasteiger partial charge on any atom is 0.391 e. The van der Waals surface area contributed by atoms with Crippen molar-refractivity contribution < 1.29 is 22.4 Å². The van der Waals surface area contributed by atoms with E-state index in [1.165, 1.54) is 12.1 Å². The van der Waals surface area contributed by atoms with E-state index in [1.54, 1.807) is 0 Å². The van der Waals surface area contributed by atoms with Gasteiger partial charge in [-0.1, -0.05) is 12.5 Å². The van der Waals surface area contributed by atoms with Crippen molar-refractivity contribution in [3.05, 3.63) is 29.8 Å². The number of carbonyl (C=O) groups excluding carboxylic acids is 1. The Labute approximate surface area is 113 Å². The van der Waals surface area contributed by atoms with Gasteiger partial charge in [0.25, 0.3) is 5.91 Å². The molecule has 1 aromatic heterocycles. The number of nitrogens with zero attached hydrogens (tertiary/aromatic N) is 1. The molecule has 2 rings (SSSR count). The van der Waals surface area contributed by atoms with Gasteiger partial charge in [-0.05, 0) is 31.4 Å². The van der Waals surface area contributed by atoms with E-state index >= 15 is 0 Å². The lowest BCUT2D eigenvalue weighted by Gasteiger charge is -2.30. The number of nitrogens with one attached hydrogen (secondary N) is 1. The second-order valence-electron chi connectivity index (χ2n) is 4.92. The predicted octanol–water partition coefficient (Wildman–Crippen LogP) is 3.07. The van der Waals surface area contributed by atoms with Gasteiger partial charge in [0.05, 0.1) is 5.92 Å². The van der Waals surface area contributed by atoms with Gasteiger partial charge < -0.3 is 5.32 Å². The highest BCUT2D eigenvalue weighted by Crippen LogP contribution is 2.37. The minimum Gasteiger partial charge on any atom is -0.348 e. The lowest BCUT2D eigenvalue weighted by atomic mass is 9.85. The van der Waals surface area contributed by atoms with Gasteiger partial charge in [-0.15, -0.1) is 0 Å². The summed E-state index contributed by atoms with van der Waals surface area (Å²) in [4.78, 5) is 15.2. The molecule has 3 nitrogen and oxygen atoms in total. The first-order chi connectivity index (χ1) is 9.36. The molecule has 2 atom stereocenters. The smallest absolute Gasteiger partial charge is 0.348 e. The molecule has 0 spiro atoms. The zero-order valence-corrected chi connectivity index (χ0v) is 10.6. The third-order valence-electron chi connectivity index (χ3n) is 3.42. The van der Waals surface area contributed by atoms with E-state index in [9.17, 15) is 22.4 Å². The summed E-state index contributed by atoms with van der Waals surface area (Å²) in [5.41, 5.74) is -0.126. The maximum absolute atomic E-state index is 12.9. The van der Waals surface area contributed by atoms with Crippen LogP contribution in [0, 0.1) is 11.9 Å². The molecule has 1 fully saturated rings. The van der Waals surface area contributed by atoms with Gasteiger partial charge in [-0.2, -0.15) is 17.6 Å². The highest BCUT2D eigenvalue weighted by molar-refractivity contribution is 5.92. The molecule has 1 N–H and O–H groups in total. The minimum atomic E-state index is -4.24. The van der Waals surface area contributed by atoms with E-state index in [1.807, 2.05) is 0 Å². The van der Waals surface area contributed by atoms with Crippen LogP contribution in [0.15, 0.2) is 18.2 Å². The Hall–Kier alpha value is -1.66. The number of aromatic nitrogens is 1. The van der Waals surface area contributed by atoms with Crippen LogP contribution in [0.25, 0.3) is 0 Å². The Kier molecular flexibility index (Phi) is 4.25. The monoisotopic (exact) mass is 290 g/mol. The fourth-order valence-corrected chi connectivity index (χ4v) is 2.41. The molecule has 0 saturated heterocycles. The quantitative estimate of drug-likeness (QED) is 0.672. The molecule has 110 valence electrons. The van der Waals surface area contributed by atoms with Gasteiger partial charge in [0.1, 0.15) is 5.69 Å². The van der Waals surface area contributed by atoms with Gasteiger partial charge in [0, 0.05) is 6.04 Å². The van der Waals surface area contributed by atoms with Crippen LogP contribution < -0.4 is 5.32 Å². The maximum atomic E-state index is 12.9. The largest absolute Gasteiger partial charge is 0.391 e. The van der Waals surface area contributed by atoms with Crippen LogP contribution in [0.3, 0.4) is 0 Å². The second-order valence-corrected chi connectivity index (χ2v) is 4.92. The third-order valence-corrected chi connectivity index (χ3v) is 3.42. The molecular weight excluding hydrogens is 276 g/mol. The van der Waals surface area contributed by atoms with Crippen LogP contribution in [-0.2, 0) is 0 Å². The first-order valence-electron chi connectivity index (χ1n) is 6.36. The van der Waals surface area contributed by atoms with Gasteiger partial charge in [-0.25, -0.2) is 4.98 Å². The van der Waals surface area contributed by atoms with E-state index in [-0.39, 0.29) is 18.5 Å². The Balaban J connectivity index is 1.98. The highest BCUT2D eigenvalue weighted by atomic mass is 19.4. The summed E-state index contributed by atoms with van der Waals surface area (Å²) in [7, 11) is 0. The first-order valence-corrected chi connectivity index (χ1v) is 6.36. The third kappa shape index (κ3) is 3.68. The predicted molar refractivity (Wildman–Crippen MR) is 63.5 cm³/mol. The molecule has 1 aliphatic carbocycles. The molecule has 1 amide bonds. The zero-order chi connectivity index (χ0) is 14.8.